The van der Waals surface area contributed by atoms with Crippen LogP contribution in [0.1, 0.15) is 76.9 Å². The molecule has 0 bridgehead atoms. The van der Waals surface area contributed by atoms with Crippen LogP contribution in [0.4, 0.5) is 0 Å². The third-order valence-electron chi connectivity index (χ3n) is 7.69. The number of aromatic amines is 1. The van der Waals surface area contributed by atoms with E-state index in [0.29, 0.717) is 0 Å². The van der Waals surface area contributed by atoms with Crippen LogP contribution in [0.15, 0.2) is 36.0 Å². The fraction of sp³-hybridized carbons (Fsp3) is 0.615. The Morgan fingerprint density at radius 3 is 2.68 bits per heavy atom. The van der Waals surface area contributed by atoms with E-state index in [4.69, 9.17) is 0 Å². The molecule has 182 valence electrons. The van der Waals surface area contributed by atoms with Crippen molar-refractivity contribution >= 4 is 11.2 Å². The molecule has 8 nitrogen and oxygen atoms in total. The van der Waals surface area contributed by atoms with Crippen molar-refractivity contribution < 1.29 is 0 Å². The van der Waals surface area contributed by atoms with Gasteiger partial charge in [-0.3, -0.25) is 9.88 Å². The zero-order valence-electron chi connectivity index (χ0n) is 21.1. The van der Waals surface area contributed by atoms with Crippen LogP contribution in [0.3, 0.4) is 0 Å². The summed E-state index contributed by atoms with van der Waals surface area (Å²) in [5, 5.41) is 3.33. The van der Waals surface area contributed by atoms with E-state index in [2.05, 4.69) is 61.0 Å². The topological polar surface area (TPSA) is 100 Å². The summed E-state index contributed by atoms with van der Waals surface area (Å²) in [4.78, 5) is 34.8. The van der Waals surface area contributed by atoms with E-state index >= 15 is 0 Å². The fourth-order valence-corrected chi connectivity index (χ4v) is 5.21. The number of H-pyrrole nitrogens is 1. The van der Waals surface area contributed by atoms with Gasteiger partial charge in [0.1, 0.15) is 17.7 Å². The maximum Gasteiger partial charge on any atom is 0.180 e. The molecule has 4 rings (SSSR count). The number of hydrogen-bond acceptors (Lipinski definition) is 7. The van der Waals surface area contributed by atoms with Gasteiger partial charge in [0.25, 0.3) is 0 Å². The van der Waals surface area contributed by atoms with E-state index < -0.39 is 5.54 Å². The molecule has 8 heteroatoms. The van der Waals surface area contributed by atoms with Crippen molar-refractivity contribution in [1.29, 1.82) is 0 Å². The van der Waals surface area contributed by atoms with Gasteiger partial charge in [0.15, 0.2) is 5.65 Å². The van der Waals surface area contributed by atoms with Crippen LogP contribution < -0.4 is 0 Å². The molecule has 1 saturated heterocycles. The van der Waals surface area contributed by atoms with E-state index in [-0.39, 0.29) is 11.0 Å². The third-order valence-corrected chi connectivity index (χ3v) is 7.69. The average molecular weight is 464 g/mol. The molecule has 34 heavy (non-hydrogen) atoms. The van der Waals surface area contributed by atoms with Crippen LogP contribution in [0.2, 0.25) is 0 Å². The number of fused-ring (bicyclic) bond motifs is 1. The second kappa shape index (κ2) is 9.49. The molecule has 0 saturated carbocycles. The number of aromatic nitrogens is 5. The van der Waals surface area contributed by atoms with Crippen molar-refractivity contribution in [3.8, 4) is 0 Å². The molecular formula is C26H37N7O. The Kier molecular flexibility index (Phi) is 6.80. The van der Waals surface area contributed by atoms with Crippen LogP contribution in [-0.4, -0.2) is 48.4 Å². The number of nitroso groups, excluding NO2 is 1. The predicted octanol–water partition coefficient (Wildman–Crippen LogP) is 5.33. The van der Waals surface area contributed by atoms with E-state index in [0.717, 1.165) is 74.3 Å². The minimum atomic E-state index is -0.510. The van der Waals surface area contributed by atoms with Crippen LogP contribution in [0, 0.1) is 17.2 Å². The largest absolute Gasteiger partial charge is 0.339 e. The summed E-state index contributed by atoms with van der Waals surface area (Å²) in [6, 6.07) is 4.30. The summed E-state index contributed by atoms with van der Waals surface area (Å²) < 4.78 is 0. The maximum atomic E-state index is 11.2. The van der Waals surface area contributed by atoms with Gasteiger partial charge in [0.05, 0.1) is 11.7 Å². The van der Waals surface area contributed by atoms with Gasteiger partial charge in [-0.2, -0.15) is 4.91 Å². The van der Waals surface area contributed by atoms with Crippen LogP contribution in [0.25, 0.3) is 11.2 Å². The molecule has 4 heterocycles. The number of rotatable bonds is 10. The molecule has 0 aromatic carbocycles. The highest BCUT2D eigenvalue weighted by atomic mass is 16.3. The van der Waals surface area contributed by atoms with E-state index in [1.807, 2.05) is 27.0 Å². The summed E-state index contributed by atoms with van der Waals surface area (Å²) in [6.45, 7) is 12.5. The molecule has 0 unspecified atom stereocenters. The second-order valence-corrected chi connectivity index (χ2v) is 11.1. The first-order chi connectivity index (χ1) is 16.1. The number of likely N-dealkylation sites (tertiary alicyclic amines) is 1. The molecule has 0 amide bonds. The average Bonchev–Trinajstić information content (AvgIpc) is 3.43. The molecule has 3 aromatic heterocycles. The first-order valence-corrected chi connectivity index (χ1v) is 12.3. The minimum absolute atomic E-state index is 0.0962. The Morgan fingerprint density at radius 2 is 1.97 bits per heavy atom. The highest BCUT2D eigenvalue weighted by molar-refractivity contribution is 5.68. The number of aryl methyl sites for hydroxylation is 2. The fourth-order valence-electron chi connectivity index (χ4n) is 5.21. The molecule has 0 aliphatic carbocycles. The molecule has 1 N–H and O–H groups in total. The van der Waals surface area contributed by atoms with Gasteiger partial charge in [0.2, 0.25) is 0 Å². The van der Waals surface area contributed by atoms with Gasteiger partial charge in [-0.15, -0.1) is 0 Å². The lowest BCUT2D eigenvalue weighted by Crippen LogP contribution is -2.41. The molecule has 1 atom stereocenters. The standard InChI is InChI=1S/C26H37N7O/c1-19-7-8-20(15-28-19)25(4,5)33-14-13-26(17-33,11-6-10-24(2,3)32-34)12-9-22-30-21-16-27-18-29-23(21)31-22/h7-8,15-16,18H,6,9-14,17H2,1-5H3,(H,27,29,30,31)/t26-/m1/s1. The van der Waals surface area contributed by atoms with Crippen LogP contribution in [0.5, 0.6) is 0 Å². The first-order valence-electron chi connectivity index (χ1n) is 12.3. The lowest BCUT2D eigenvalue weighted by molar-refractivity contribution is 0.121. The van der Waals surface area contributed by atoms with Gasteiger partial charge in [-0.1, -0.05) is 17.7 Å². The second-order valence-electron chi connectivity index (χ2n) is 11.1. The Labute approximate surface area is 202 Å². The van der Waals surface area contributed by atoms with E-state index in [1.54, 1.807) is 6.20 Å². The zero-order valence-corrected chi connectivity index (χ0v) is 21.1. The Bertz CT molecular complexity index is 1090. The highest BCUT2D eigenvalue weighted by Crippen LogP contribution is 2.44. The Morgan fingerprint density at radius 1 is 1.15 bits per heavy atom. The summed E-state index contributed by atoms with van der Waals surface area (Å²) in [6.07, 6.45) is 11.2. The maximum absolute atomic E-state index is 11.2. The zero-order chi connectivity index (χ0) is 24.4. The Balaban J connectivity index is 1.51. The van der Waals surface area contributed by atoms with E-state index in [1.165, 1.54) is 11.9 Å². The van der Waals surface area contributed by atoms with Crippen LogP contribution >= 0.6 is 0 Å². The molecule has 1 aliphatic heterocycles. The molecule has 3 aromatic rings. The monoisotopic (exact) mass is 463 g/mol. The summed E-state index contributed by atoms with van der Waals surface area (Å²) in [5.74, 6) is 0.963. The normalized spacial score (nSPS) is 19.7. The first kappa shape index (κ1) is 24.4. The van der Waals surface area contributed by atoms with Crippen molar-refractivity contribution in [2.75, 3.05) is 13.1 Å². The summed E-state index contributed by atoms with van der Waals surface area (Å²) in [5.41, 5.74) is 3.45. The number of pyridine rings is 1. The SMILES string of the molecule is Cc1ccc(C(C)(C)N2CC[C@@](CCCC(C)(C)N=O)(CCc3nc4ncncc4[nH]3)C2)cn1. The quantitative estimate of drug-likeness (QED) is 0.408. The van der Waals surface area contributed by atoms with Crippen molar-refractivity contribution in [2.24, 2.45) is 10.6 Å². The van der Waals surface area contributed by atoms with Crippen molar-refractivity contribution in [2.45, 2.75) is 84.2 Å². The molecule has 1 fully saturated rings. The number of nitrogens with one attached hydrogen (secondary N) is 1. The number of imidazole rings is 1. The van der Waals surface area contributed by atoms with Gasteiger partial charge in [-0.05, 0) is 83.9 Å². The third kappa shape index (κ3) is 5.32. The molecule has 1 aliphatic rings. The van der Waals surface area contributed by atoms with Crippen molar-refractivity contribution in [1.82, 2.24) is 29.8 Å². The van der Waals surface area contributed by atoms with Crippen LogP contribution in [-0.2, 0) is 12.0 Å². The lowest BCUT2D eigenvalue weighted by atomic mass is 9.76. The highest BCUT2D eigenvalue weighted by Gasteiger charge is 2.43. The summed E-state index contributed by atoms with van der Waals surface area (Å²) >= 11 is 0. The number of nitrogens with zero attached hydrogens (tertiary/aromatic N) is 6. The summed E-state index contributed by atoms with van der Waals surface area (Å²) in [7, 11) is 0. The lowest BCUT2D eigenvalue weighted by Gasteiger charge is -2.38. The van der Waals surface area contributed by atoms with Gasteiger partial charge >= 0.3 is 0 Å². The minimum Gasteiger partial charge on any atom is -0.339 e. The Hall–Kier alpha value is -2.74. The van der Waals surface area contributed by atoms with Crippen molar-refractivity contribution in [3.63, 3.8) is 0 Å². The van der Waals surface area contributed by atoms with Gasteiger partial charge < -0.3 is 4.98 Å². The number of hydrogen-bond donors (Lipinski definition) is 1. The van der Waals surface area contributed by atoms with Crippen molar-refractivity contribution in [3.05, 3.63) is 52.8 Å². The molecule has 0 spiro atoms. The van der Waals surface area contributed by atoms with E-state index in [9.17, 15) is 4.91 Å². The van der Waals surface area contributed by atoms with Gasteiger partial charge in [0, 0.05) is 30.4 Å². The molecular weight excluding hydrogens is 426 g/mol. The van der Waals surface area contributed by atoms with Gasteiger partial charge in [-0.25, -0.2) is 15.0 Å². The molecule has 0 radical (unpaired) electrons. The smallest absolute Gasteiger partial charge is 0.180 e. The predicted molar refractivity (Wildman–Crippen MR) is 134 cm³/mol.